The van der Waals surface area contributed by atoms with Crippen molar-refractivity contribution in [1.29, 1.82) is 0 Å². The summed E-state index contributed by atoms with van der Waals surface area (Å²) in [7, 11) is 0. The van der Waals surface area contributed by atoms with Crippen LogP contribution in [0.5, 0.6) is 0 Å². The van der Waals surface area contributed by atoms with E-state index in [9.17, 15) is 4.79 Å². The Morgan fingerprint density at radius 3 is 2.68 bits per heavy atom. The van der Waals surface area contributed by atoms with Crippen LogP contribution in [0.2, 0.25) is 0 Å². The largest absolute Gasteiger partial charge is 0.330 e. The Morgan fingerprint density at radius 1 is 1.12 bits per heavy atom. The third kappa shape index (κ3) is 3.06. The van der Waals surface area contributed by atoms with Gasteiger partial charge in [0.25, 0.3) is 0 Å². The van der Waals surface area contributed by atoms with Crippen LogP contribution < -0.4 is 0 Å². The monoisotopic (exact) mass is 395 g/mol. The van der Waals surface area contributed by atoms with E-state index in [1.807, 2.05) is 24.3 Å². The molecule has 0 bridgehead atoms. The van der Waals surface area contributed by atoms with Crippen LogP contribution in [0.4, 0.5) is 0 Å². The molecule has 1 heterocycles. The lowest BCUT2D eigenvalue weighted by Crippen LogP contribution is -2.30. The van der Waals surface area contributed by atoms with Gasteiger partial charge in [-0.2, -0.15) is 0 Å². The van der Waals surface area contributed by atoms with E-state index in [0.717, 1.165) is 10.9 Å². The number of likely N-dealkylation sites (tertiary alicyclic amines) is 1. The van der Waals surface area contributed by atoms with Gasteiger partial charge in [-0.25, -0.2) is 0 Å². The molecule has 1 aliphatic heterocycles. The number of hydrogen-bond donors (Lipinski definition) is 0. The molecule has 0 saturated carbocycles. The second-order valence-corrected chi connectivity index (χ2v) is 8.11. The van der Waals surface area contributed by atoms with E-state index >= 15 is 0 Å². The number of benzene rings is 2. The smallest absolute Gasteiger partial charge is 0.227 e. The molecule has 2 aromatic rings. The van der Waals surface area contributed by atoms with Crippen LogP contribution in [0, 0.1) is 17.8 Å². The highest BCUT2D eigenvalue weighted by molar-refractivity contribution is 9.10. The molecule has 1 fully saturated rings. The number of fused-ring (bicyclic) bond motifs is 1. The first-order valence-electron chi connectivity index (χ1n) is 8.91. The molecule has 3 heteroatoms. The van der Waals surface area contributed by atoms with Gasteiger partial charge in [0.15, 0.2) is 0 Å². The molecule has 0 spiro atoms. The number of hydrogen-bond acceptors (Lipinski definition) is 1. The van der Waals surface area contributed by atoms with E-state index in [0.29, 0.717) is 18.4 Å². The maximum atomic E-state index is 13.3. The molecule has 0 unspecified atom stereocenters. The lowest BCUT2D eigenvalue weighted by Gasteiger charge is -2.29. The van der Waals surface area contributed by atoms with E-state index in [4.69, 9.17) is 0 Å². The quantitative estimate of drug-likeness (QED) is 0.640. The summed E-state index contributed by atoms with van der Waals surface area (Å²) >= 11 is 3.59. The summed E-state index contributed by atoms with van der Waals surface area (Å²) in [5.74, 6) is 1.06. The molecule has 4 atom stereocenters. The van der Waals surface area contributed by atoms with Crippen LogP contribution >= 0.6 is 15.9 Å². The molecule has 2 aromatic carbocycles. The van der Waals surface area contributed by atoms with E-state index in [1.54, 1.807) is 0 Å². The minimum atomic E-state index is 0.0951. The highest BCUT2D eigenvalue weighted by Crippen LogP contribution is 2.49. The molecular weight excluding hydrogens is 374 g/mol. The Labute approximate surface area is 157 Å². The zero-order chi connectivity index (χ0) is 17.4. The van der Waals surface area contributed by atoms with Gasteiger partial charge in [-0.05, 0) is 35.6 Å². The van der Waals surface area contributed by atoms with Crippen molar-refractivity contribution < 1.29 is 4.79 Å². The molecule has 1 aliphatic carbocycles. The topological polar surface area (TPSA) is 20.3 Å². The van der Waals surface area contributed by atoms with Crippen molar-refractivity contribution in [2.75, 3.05) is 0 Å². The maximum Gasteiger partial charge on any atom is 0.227 e. The summed E-state index contributed by atoms with van der Waals surface area (Å²) in [6.07, 6.45) is 5.53. The van der Waals surface area contributed by atoms with Gasteiger partial charge in [-0.3, -0.25) is 4.79 Å². The van der Waals surface area contributed by atoms with Gasteiger partial charge in [-0.1, -0.05) is 77.5 Å². The molecule has 4 rings (SSSR count). The summed E-state index contributed by atoms with van der Waals surface area (Å²) in [5.41, 5.74) is 2.40. The van der Waals surface area contributed by atoms with Crippen LogP contribution in [0.25, 0.3) is 0 Å². The Kier molecular flexibility index (Phi) is 4.51. The first kappa shape index (κ1) is 16.6. The Bertz CT molecular complexity index is 801. The molecule has 0 radical (unpaired) electrons. The SMILES string of the molecule is C[C@H]1CC=C[C@@H]2[C@@H]1C(=O)N(Cc1ccccc1)[C@H]2c1cccc(Br)c1. The normalized spacial score (nSPS) is 28.2. The summed E-state index contributed by atoms with van der Waals surface area (Å²) in [4.78, 5) is 15.4. The Morgan fingerprint density at radius 2 is 1.92 bits per heavy atom. The van der Waals surface area contributed by atoms with E-state index < -0.39 is 0 Å². The fourth-order valence-electron chi connectivity index (χ4n) is 4.39. The first-order chi connectivity index (χ1) is 12.1. The van der Waals surface area contributed by atoms with E-state index in [-0.39, 0.29) is 17.9 Å². The van der Waals surface area contributed by atoms with Crippen LogP contribution in [-0.2, 0) is 11.3 Å². The molecule has 2 aliphatic rings. The van der Waals surface area contributed by atoms with Crippen molar-refractivity contribution in [2.24, 2.45) is 17.8 Å². The van der Waals surface area contributed by atoms with Gasteiger partial charge in [0, 0.05) is 22.9 Å². The lowest BCUT2D eigenvalue weighted by molar-refractivity contribution is -0.134. The standard InChI is InChI=1S/C22H22BrNO/c1-15-7-5-12-19-20(15)22(25)24(14-16-8-3-2-4-9-16)21(19)17-10-6-11-18(23)13-17/h2-6,8-13,15,19-21H,7,14H2,1H3/t15-,19+,20+,21-/m0/s1. The number of nitrogens with zero attached hydrogens (tertiary/aromatic N) is 1. The predicted octanol–water partition coefficient (Wildman–Crippen LogP) is 5.36. The van der Waals surface area contributed by atoms with E-state index in [1.165, 1.54) is 11.1 Å². The second-order valence-electron chi connectivity index (χ2n) is 7.20. The van der Waals surface area contributed by atoms with Gasteiger partial charge in [0.1, 0.15) is 0 Å². The van der Waals surface area contributed by atoms with E-state index in [2.05, 4.69) is 70.2 Å². The molecule has 0 N–H and O–H groups in total. The highest BCUT2D eigenvalue weighted by Gasteiger charge is 2.50. The predicted molar refractivity (Wildman–Crippen MR) is 104 cm³/mol. The van der Waals surface area contributed by atoms with Gasteiger partial charge in [0.2, 0.25) is 5.91 Å². The van der Waals surface area contributed by atoms with Crippen molar-refractivity contribution in [1.82, 2.24) is 4.90 Å². The Hall–Kier alpha value is -1.87. The molecule has 2 nitrogen and oxygen atoms in total. The fourth-order valence-corrected chi connectivity index (χ4v) is 4.81. The minimum Gasteiger partial charge on any atom is -0.330 e. The number of carbonyl (C=O) groups excluding carboxylic acids is 1. The van der Waals surface area contributed by atoms with Crippen molar-refractivity contribution in [3.63, 3.8) is 0 Å². The van der Waals surface area contributed by atoms with Crippen LogP contribution in [-0.4, -0.2) is 10.8 Å². The summed E-state index contributed by atoms with van der Waals surface area (Å²) in [6.45, 7) is 2.88. The van der Waals surface area contributed by atoms with Crippen molar-refractivity contribution in [2.45, 2.75) is 25.9 Å². The third-order valence-electron chi connectivity index (χ3n) is 5.55. The van der Waals surface area contributed by atoms with Crippen LogP contribution in [0.15, 0.2) is 71.2 Å². The van der Waals surface area contributed by atoms with Crippen LogP contribution in [0.3, 0.4) is 0 Å². The summed E-state index contributed by atoms with van der Waals surface area (Å²) < 4.78 is 1.06. The van der Waals surface area contributed by atoms with Gasteiger partial charge < -0.3 is 4.90 Å². The average Bonchev–Trinajstić information content (AvgIpc) is 2.89. The number of halogens is 1. The number of rotatable bonds is 3. The molecular formula is C22H22BrNO. The number of allylic oxidation sites excluding steroid dienone is 1. The van der Waals surface area contributed by atoms with Gasteiger partial charge in [-0.15, -0.1) is 0 Å². The summed E-state index contributed by atoms with van der Waals surface area (Å²) in [6, 6.07) is 18.8. The zero-order valence-corrected chi connectivity index (χ0v) is 15.9. The lowest BCUT2D eigenvalue weighted by atomic mass is 9.75. The second kappa shape index (κ2) is 6.80. The maximum absolute atomic E-state index is 13.3. The molecule has 25 heavy (non-hydrogen) atoms. The third-order valence-corrected chi connectivity index (χ3v) is 6.04. The summed E-state index contributed by atoms with van der Waals surface area (Å²) in [5, 5.41) is 0. The van der Waals surface area contributed by atoms with Crippen LogP contribution in [0.1, 0.15) is 30.5 Å². The number of carbonyl (C=O) groups is 1. The zero-order valence-electron chi connectivity index (χ0n) is 14.3. The van der Waals surface area contributed by atoms with Crippen molar-refractivity contribution >= 4 is 21.8 Å². The van der Waals surface area contributed by atoms with Gasteiger partial charge >= 0.3 is 0 Å². The Balaban J connectivity index is 1.76. The van der Waals surface area contributed by atoms with Gasteiger partial charge in [0.05, 0.1) is 6.04 Å². The first-order valence-corrected chi connectivity index (χ1v) is 9.71. The minimum absolute atomic E-state index is 0.0951. The van der Waals surface area contributed by atoms with Crippen molar-refractivity contribution in [3.8, 4) is 0 Å². The number of amides is 1. The molecule has 128 valence electrons. The molecule has 0 aromatic heterocycles. The highest BCUT2D eigenvalue weighted by atomic mass is 79.9. The fraction of sp³-hybridized carbons (Fsp3) is 0.318. The van der Waals surface area contributed by atoms with Crippen molar-refractivity contribution in [3.05, 3.63) is 82.3 Å². The molecule has 1 amide bonds. The molecule has 1 saturated heterocycles. The average molecular weight is 396 g/mol.